The van der Waals surface area contributed by atoms with Crippen molar-refractivity contribution < 1.29 is 18.7 Å². The lowest BCUT2D eigenvalue weighted by atomic mass is 9.73. The van der Waals surface area contributed by atoms with Gasteiger partial charge in [0.05, 0.1) is 18.2 Å². The molecule has 206 valence electrons. The zero-order chi connectivity index (χ0) is 27.2. The number of carbonyl (C=O) groups is 2. The maximum absolute atomic E-state index is 14.2. The fourth-order valence-electron chi connectivity index (χ4n) is 5.51. The number of amides is 2. The summed E-state index contributed by atoms with van der Waals surface area (Å²) in [6, 6.07) is 14.1. The molecular formula is C29H35FN6O3. The molecule has 2 aliphatic heterocycles. The number of rotatable bonds is 5. The van der Waals surface area contributed by atoms with E-state index < -0.39 is 11.5 Å². The zero-order valence-corrected chi connectivity index (χ0v) is 22.2. The van der Waals surface area contributed by atoms with E-state index in [1.54, 1.807) is 10.7 Å². The van der Waals surface area contributed by atoms with Crippen LogP contribution in [0.3, 0.4) is 0 Å². The molecule has 2 aliphatic rings. The molecular weight excluding hydrogens is 499 g/mol. The molecule has 1 spiro atoms. The Morgan fingerprint density at radius 2 is 1.87 bits per heavy atom. The molecule has 0 radical (unpaired) electrons. The Balaban J connectivity index is 1.35. The van der Waals surface area contributed by atoms with Crippen LogP contribution < -0.4 is 15.4 Å². The molecule has 10 heteroatoms. The van der Waals surface area contributed by atoms with Gasteiger partial charge in [0, 0.05) is 38.7 Å². The monoisotopic (exact) mass is 534 g/mol. The van der Waals surface area contributed by atoms with Crippen LogP contribution in [0, 0.1) is 11.2 Å². The number of hydrogen-bond donors (Lipinski definition) is 2. The Labute approximate surface area is 227 Å². The lowest BCUT2D eigenvalue weighted by Gasteiger charge is -2.41. The molecule has 5 rings (SSSR count). The van der Waals surface area contributed by atoms with Crippen LogP contribution in [0.5, 0.6) is 5.75 Å². The van der Waals surface area contributed by atoms with Gasteiger partial charge in [-0.15, -0.1) is 5.10 Å². The van der Waals surface area contributed by atoms with Crippen LogP contribution >= 0.6 is 0 Å². The van der Waals surface area contributed by atoms with E-state index in [9.17, 15) is 14.0 Å². The average molecular weight is 535 g/mol. The number of methoxy groups -OCH3 is 1. The summed E-state index contributed by atoms with van der Waals surface area (Å²) in [5, 5.41) is 14.7. The van der Waals surface area contributed by atoms with E-state index in [1.165, 1.54) is 13.2 Å². The minimum atomic E-state index is -0.730. The van der Waals surface area contributed by atoms with Crippen molar-refractivity contribution in [2.24, 2.45) is 5.41 Å². The van der Waals surface area contributed by atoms with Gasteiger partial charge in [-0.3, -0.25) is 19.2 Å². The van der Waals surface area contributed by atoms with Crippen LogP contribution in [0.15, 0.2) is 54.7 Å². The number of hydrogen-bond acceptors (Lipinski definition) is 6. The van der Waals surface area contributed by atoms with Gasteiger partial charge in [0.25, 0.3) is 0 Å². The van der Waals surface area contributed by atoms with E-state index in [0.717, 1.165) is 16.8 Å². The van der Waals surface area contributed by atoms with Crippen molar-refractivity contribution >= 4 is 11.8 Å². The Kier molecular flexibility index (Phi) is 8.21. The molecule has 9 nitrogen and oxygen atoms in total. The molecule has 1 fully saturated rings. The van der Waals surface area contributed by atoms with Crippen molar-refractivity contribution in [3.05, 3.63) is 77.4 Å². The molecule has 1 aromatic heterocycles. The van der Waals surface area contributed by atoms with E-state index in [1.807, 2.05) is 42.6 Å². The van der Waals surface area contributed by atoms with Crippen LogP contribution in [0.25, 0.3) is 0 Å². The van der Waals surface area contributed by atoms with E-state index in [-0.39, 0.29) is 23.4 Å². The third-order valence-corrected chi connectivity index (χ3v) is 7.79. The SMILES string of the molecule is COc1ccc(CN2CCC3(CC2)Cc2cn(nn2)CCCNC(=O)[C@H](Cc2ccccc2)NC3=O)cc1F. The van der Waals surface area contributed by atoms with Crippen LogP contribution in [-0.2, 0) is 35.5 Å². The summed E-state index contributed by atoms with van der Waals surface area (Å²) in [4.78, 5) is 29.4. The van der Waals surface area contributed by atoms with Gasteiger partial charge >= 0.3 is 0 Å². The first-order chi connectivity index (χ1) is 18.9. The maximum atomic E-state index is 14.2. The van der Waals surface area contributed by atoms with Gasteiger partial charge in [-0.2, -0.15) is 0 Å². The predicted octanol–water partition coefficient (Wildman–Crippen LogP) is 2.50. The molecule has 2 amide bonds. The third kappa shape index (κ3) is 6.44. The largest absolute Gasteiger partial charge is 0.494 e. The zero-order valence-electron chi connectivity index (χ0n) is 22.2. The first kappa shape index (κ1) is 26.8. The van der Waals surface area contributed by atoms with Gasteiger partial charge in [-0.25, -0.2) is 4.39 Å². The number of aromatic nitrogens is 3. The summed E-state index contributed by atoms with van der Waals surface area (Å²) < 4.78 is 21.1. The Hall–Kier alpha value is -3.79. The number of benzene rings is 2. The molecule has 1 saturated heterocycles. The second-order valence-electron chi connectivity index (χ2n) is 10.5. The molecule has 0 saturated carbocycles. The quantitative estimate of drug-likeness (QED) is 0.522. The van der Waals surface area contributed by atoms with E-state index in [0.29, 0.717) is 64.8 Å². The summed E-state index contributed by atoms with van der Waals surface area (Å²) in [7, 11) is 1.45. The minimum Gasteiger partial charge on any atom is -0.494 e. The molecule has 3 aromatic rings. The number of halogens is 1. The molecule has 39 heavy (non-hydrogen) atoms. The van der Waals surface area contributed by atoms with Crippen LogP contribution in [0.4, 0.5) is 4.39 Å². The molecule has 2 N–H and O–H groups in total. The normalized spacial score (nSPS) is 20.3. The number of likely N-dealkylation sites (tertiary alicyclic amines) is 1. The van der Waals surface area contributed by atoms with Crippen molar-refractivity contribution in [1.82, 2.24) is 30.5 Å². The summed E-state index contributed by atoms with van der Waals surface area (Å²) in [5.41, 5.74) is 1.88. The lowest BCUT2D eigenvalue weighted by Crippen LogP contribution is -2.56. The highest BCUT2D eigenvalue weighted by atomic mass is 19.1. The van der Waals surface area contributed by atoms with Crippen LogP contribution in [0.1, 0.15) is 36.1 Å². The van der Waals surface area contributed by atoms with Gasteiger partial charge in [0.15, 0.2) is 11.6 Å². The average Bonchev–Trinajstić information content (AvgIpc) is 3.39. The number of nitrogens with one attached hydrogen (secondary N) is 2. The first-order valence-corrected chi connectivity index (χ1v) is 13.5. The predicted molar refractivity (Wildman–Crippen MR) is 143 cm³/mol. The smallest absolute Gasteiger partial charge is 0.242 e. The highest BCUT2D eigenvalue weighted by Gasteiger charge is 2.43. The van der Waals surface area contributed by atoms with Gasteiger partial charge in [-0.1, -0.05) is 41.6 Å². The molecule has 0 unspecified atom stereocenters. The summed E-state index contributed by atoms with van der Waals surface area (Å²) >= 11 is 0. The van der Waals surface area contributed by atoms with Crippen LogP contribution in [0.2, 0.25) is 0 Å². The van der Waals surface area contributed by atoms with E-state index >= 15 is 0 Å². The van der Waals surface area contributed by atoms with Crippen LogP contribution in [-0.4, -0.2) is 64.5 Å². The van der Waals surface area contributed by atoms with E-state index in [4.69, 9.17) is 4.74 Å². The maximum Gasteiger partial charge on any atom is 0.242 e. The Bertz CT molecular complexity index is 1290. The number of nitrogens with zero attached hydrogens (tertiary/aromatic N) is 4. The first-order valence-electron chi connectivity index (χ1n) is 13.5. The van der Waals surface area contributed by atoms with Gasteiger partial charge < -0.3 is 15.4 Å². The second kappa shape index (κ2) is 11.9. The summed E-state index contributed by atoms with van der Waals surface area (Å²) in [6.45, 7) is 3.02. The van der Waals surface area contributed by atoms with Crippen molar-refractivity contribution in [3.8, 4) is 5.75 Å². The number of ether oxygens (including phenoxy) is 1. The number of piperidine rings is 1. The molecule has 1 atom stereocenters. The summed E-state index contributed by atoms with van der Waals surface area (Å²) in [6.07, 6.45) is 4.66. The minimum absolute atomic E-state index is 0.137. The topological polar surface area (TPSA) is 101 Å². The fraction of sp³-hybridized carbons (Fsp3) is 0.448. The van der Waals surface area contributed by atoms with Gasteiger partial charge in [0.2, 0.25) is 11.8 Å². The standard InChI is InChI=1S/C29H35FN6O3/c1-39-26-9-8-22(16-24(26)30)19-35-14-10-29(11-15-35)18-23-20-36(34-33-23)13-5-12-31-27(37)25(32-28(29)38)17-21-6-3-2-4-7-21/h2-4,6-9,16,20,25H,5,10-15,17-19H2,1H3,(H,31,37)(H,32,38)/t25-/m0/s1. The van der Waals surface area contributed by atoms with Gasteiger partial charge in [0.1, 0.15) is 6.04 Å². The Morgan fingerprint density at radius 3 is 2.62 bits per heavy atom. The van der Waals surface area contributed by atoms with Crippen molar-refractivity contribution in [2.45, 2.75) is 51.2 Å². The summed E-state index contributed by atoms with van der Waals surface area (Å²) in [5.74, 6) is -0.482. The number of fused-ring (bicyclic) bond motifs is 2. The molecule has 2 aromatic carbocycles. The lowest BCUT2D eigenvalue weighted by molar-refractivity contribution is -0.137. The molecule has 0 aliphatic carbocycles. The van der Waals surface area contributed by atoms with Crippen molar-refractivity contribution in [1.29, 1.82) is 0 Å². The number of carbonyl (C=O) groups excluding carboxylic acids is 2. The van der Waals surface area contributed by atoms with Crippen molar-refractivity contribution in [2.75, 3.05) is 26.7 Å². The highest BCUT2D eigenvalue weighted by molar-refractivity contribution is 5.90. The second-order valence-corrected chi connectivity index (χ2v) is 10.5. The third-order valence-electron chi connectivity index (χ3n) is 7.79. The van der Waals surface area contributed by atoms with Gasteiger partial charge in [-0.05, 0) is 55.6 Å². The fourth-order valence-corrected chi connectivity index (χ4v) is 5.51. The highest BCUT2D eigenvalue weighted by Crippen LogP contribution is 2.36. The van der Waals surface area contributed by atoms with Crippen molar-refractivity contribution in [3.63, 3.8) is 0 Å². The molecule has 2 bridgehead atoms. The number of aryl methyl sites for hydroxylation is 1. The Morgan fingerprint density at radius 1 is 1.08 bits per heavy atom. The van der Waals surface area contributed by atoms with E-state index in [2.05, 4.69) is 25.8 Å². The molecule has 3 heterocycles.